The smallest absolute Gasteiger partial charge is 0.462 e. The number of ether oxygens (including phenoxy) is 4. The van der Waals surface area contributed by atoms with Gasteiger partial charge in [-0.1, -0.05) is 235 Å². The lowest BCUT2D eigenvalue weighted by atomic mass is 10.0. The molecule has 17 nitrogen and oxygen atoms in total. The highest BCUT2D eigenvalue weighted by Crippen LogP contribution is 2.45. The topological polar surface area (TPSA) is 237 Å². The largest absolute Gasteiger partial charge is 0.472 e. The summed E-state index contributed by atoms with van der Waals surface area (Å²) >= 11 is 0. The fourth-order valence-corrected chi connectivity index (χ4v) is 10.5. The van der Waals surface area contributed by atoms with Crippen molar-refractivity contribution in [3.8, 4) is 0 Å². The molecule has 5 atom stereocenters. The van der Waals surface area contributed by atoms with E-state index < -0.39 is 97.5 Å². The van der Waals surface area contributed by atoms with Gasteiger partial charge < -0.3 is 33.8 Å². The van der Waals surface area contributed by atoms with Crippen molar-refractivity contribution in [2.24, 2.45) is 23.7 Å². The summed E-state index contributed by atoms with van der Waals surface area (Å²) < 4.78 is 67.8. The maximum atomic E-state index is 12.9. The van der Waals surface area contributed by atoms with Gasteiger partial charge in [-0.05, 0) is 49.4 Å². The van der Waals surface area contributed by atoms with E-state index in [1.54, 1.807) is 0 Å². The average molecular weight is 1190 g/mol. The molecule has 0 aromatic carbocycles. The van der Waals surface area contributed by atoms with Crippen molar-refractivity contribution in [3.05, 3.63) is 0 Å². The fourth-order valence-electron chi connectivity index (χ4n) is 8.90. The molecule has 2 unspecified atom stereocenters. The lowest BCUT2D eigenvalue weighted by Gasteiger charge is -2.21. The number of phosphoric acid groups is 2. The van der Waals surface area contributed by atoms with Crippen LogP contribution in [0.2, 0.25) is 0 Å². The Morgan fingerprint density at radius 3 is 0.775 bits per heavy atom. The highest BCUT2D eigenvalue weighted by atomic mass is 31.2. The Bertz CT molecular complexity index is 1610. The van der Waals surface area contributed by atoms with Crippen LogP contribution in [-0.4, -0.2) is 96.7 Å². The quantitative estimate of drug-likeness (QED) is 0.0222. The number of unbranched alkanes of at least 4 members (excludes halogenated alkanes) is 24. The standard InChI is InChI=1S/C61H118O17P2/c1-51(2)37-29-21-13-9-11-15-25-33-41-58(63)71-47-56(77-60(65)43-35-27-16-12-10-14-22-30-38-52(3)4)49-75-79(67,68)73-45-55(62)46-74-80(69,70)76-50-57(78-61(66)44-36-28-20-18-24-32-40-54(7)8)48-72-59(64)42-34-26-19-17-23-31-39-53(5)6/h51-57,62H,9-50H2,1-8H3,(H,67,68)(H,69,70)/t55-,56-,57-/m1/s1. The molecule has 19 heteroatoms. The number of carbonyl (C=O) groups is 4. The number of hydrogen-bond acceptors (Lipinski definition) is 15. The van der Waals surface area contributed by atoms with Gasteiger partial charge in [0, 0.05) is 25.7 Å². The number of carbonyl (C=O) groups excluding carboxylic acids is 4. The Hall–Kier alpha value is -1.94. The molecule has 0 spiro atoms. The third-order valence-corrected chi connectivity index (χ3v) is 15.7. The molecule has 0 aliphatic heterocycles. The van der Waals surface area contributed by atoms with Crippen LogP contribution in [-0.2, 0) is 65.4 Å². The van der Waals surface area contributed by atoms with E-state index in [0.717, 1.165) is 108 Å². The zero-order valence-corrected chi connectivity index (χ0v) is 53.5. The molecule has 0 rings (SSSR count). The van der Waals surface area contributed by atoms with E-state index in [9.17, 15) is 43.2 Å². The molecule has 3 N–H and O–H groups in total. The van der Waals surface area contributed by atoms with Gasteiger partial charge in [-0.2, -0.15) is 0 Å². The summed E-state index contributed by atoms with van der Waals surface area (Å²) in [6.45, 7) is 13.8. The number of aliphatic hydroxyl groups excluding tert-OH is 1. The van der Waals surface area contributed by atoms with Crippen molar-refractivity contribution in [2.45, 2.75) is 305 Å². The fraction of sp³-hybridized carbons (Fsp3) is 0.934. The third-order valence-electron chi connectivity index (χ3n) is 13.8. The van der Waals surface area contributed by atoms with Gasteiger partial charge in [0.1, 0.15) is 19.3 Å². The van der Waals surface area contributed by atoms with Crippen LogP contribution in [0, 0.1) is 23.7 Å². The van der Waals surface area contributed by atoms with Crippen LogP contribution in [0.4, 0.5) is 0 Å². The molecule has 0 heterocycles. The number of aliphatic hydroxyl groups is 1. The SMILES string of the molecule is CC(C)CCCCCCCCCCC(=O)OC[C@H](COP(=O)(O)OC[C@@H](O)COP(=O)(O)OC[C@@H](COC(=O)CCCCCCCCC(C)C)OC(=O)CCCCCCCCC(C)C)OC(=O)CCCCCCCCCCC(C)C. The molecular weight excluding hydrogens is 1070 g/mol. The molecule has 0 aliphatic rings. The van der Waals surface area contributed by atoms with E-state index >= 15 is 0 Å². The summed E-state index contributed by atoms with van der Waals surface area (Å²) in [5, 5.41) is 10.5. The first-order chi connectivity index (χ1) is 38.1. The minimum atomic E-state index is -4.94. The van der Waals surface area contributed by atoms with Gasteiger partial charge in [-0.15, -0.1) is 0 Å². The average Bonchev–Trinajstić information content (AvgIpc) is 3.39. The molecule has 80 heavy (non-hydrogen) atoms. The van der Waals surface area contributed by atoms with Crippen LogP contribution in [0.3, 0.4) is 0 Å². The second-order valence-corrected chi connectivity index (χ2v) is 26.9. The predicted octanol–water partition coefficient (Wildman–Crippen LogP) is 16.2. The molecule has 0 aromatic rings. The summed E-state index contributed by atoms with van der Waals surface area (Å²) in [6, 6.07) is 0. The van der Waals surface area contributed by atoms with Crippen molar-refractivity contribution >= 4 is 39.5 Å². The van der Waals surface area contributed by atoms with Gasteiger partial charge in [-0.3, -0.25) is 37.3 Å². The molecule has 0 radical (unpaired) electrons. The van der Waals surface area contributed by atoms with Crippen molar-refractivity contribution in [3.63, 3.8) is 0 Å². The van der Waals surface area contributed by atoms with E-state index in [1.807, 2.05) is 0 Å². The number of esters is 4. The van der Waals surface area contributed by atoms with E-state index in [1.165, 1.54) is 83.5 Å². The van der Waals surface area contributed by atoms with E-state index in [0.29, 0.717) is 37.5 Å². The second kappa shape index (κ2) is 51.5. The van der Waals surface area contributed by atoms with Gasteiger partial charge in [0.2, 0.25) is 0 Å². The summed E-state index contributed by atoms with van der Waals surface area (Å²) in [4.78, 5) is 72.0. The Labute approximate surface area is 486 Å². The normalized spacial score (nSPS) is 14.5. The Morgan fingerprint density at radius 2 is 0.525 bits per heavy atom. The van der Waals surface area contributed by atoms with E-state index in [-0.39, 0.29) is 25.7 Å². The Balaban J connectivity index is 5.24. The van der Waals surface area contributed by atoms with Crippen molar-refractivity contribution in [1.29, 1.82) is 0 Å². The predicted molar refractivity (Wildman–Crippen MR) is 317 cm³/mol. The molecule has 0 aromatic heterocycles. The molecular formula is C61H118O17P2. The monoisotopic (exact) mass is 1180 g/mol. The lowest BCUT2D eigenvalue weighted by Crippen LogP contribution is -2.30. The highest BCUT2D eigenvalue weighted by Gasteiger charge is 2.30. The van der Waals surface area contributed by atoms with Crippen molar-refractivity contribution in [1.82, 2.24) is 0 Å². The van der Waals surface area contributed by atoms with Crippen molar-refractivity contribution in [2.75, 3.05) is 39.6 Å². The van der Waals surface area contributed by atoms with Gasteiger partial charge in [0.05, 0.1) is 26.4 Å². The van der Waals surface area contributed by atoms with Crippen LogP contribution in [0.15, 0.2) is 0 Å². The molecule has 0 amide bonds. The molecule has 0 fully saturated rings. The van der Waals surface area contributed by atoms with Gasteiger partial charge in [0.15, 0.2) is 12.2 Å². The first-order valence-corrected chi connectivity index (χ1v) is 34.7. The minimum absolute atomic E-state index is 0.100. The molecule has 0 aliphatic carbocycles. The third kappa shape index (κ3) is 55.3. The lowest BCUT2D eigenvalue weighted by molar-refractivity contribution is -0.161. The van der Waals surface area contributed by atoms with Gasteiger partial charge >= 0.3 is 39.5 Å². The zero-order valence-electron chi connectivity index (χ0n) is 51.7. The first-order valence-electron chi connectivity index (χ1n) is 31.7. The maximum absolute atomic E-state index is 12.9. The maximum Gasteiger partial charge on any atom is 0.472 e. The molecule has 474 valence electrons. The Kier molecular flexibility index (Phi) is 50.2. The van der Waals surface area contributed by atoms with Crippen LogP contribution in [0.25, 0.3) is 0 Å². The summed E-state index contributed by atoms with van der Waals surface area (Å²) in [5.74, 6) is 0.643. The number of phosphoric ester groups is 2. The summed E-state index contributed by atoms with van der Waals surface area (Å²) in [7, 11) is -9.88. The summed E-state index contributed by atoms with van der Waals surface area (Å²) in [6.07, 6.45) is 29.8. The van der Waals surface area contributed by atoms with Crippen LogP contribution in [0.1, 0.15) is 287 Å². The second-order valence-electron chi connectivity index (χ2n) is 24.0. The number of hydrogen-bond donors (Lipinski definition) is 3. The molecule has 0 saturated carbocycles. The highest BCUT2D eigenvalue weighted by molar-refractivity contribution is 7.47. The zero-order chi connectivity index (χ0) is 59.7. The van der Waals surface area contributed by atoms with E-state index in [2.05, 4.69) is 55.4 Å². The minimum Gasteiger partial charge on any atom is -0.462 e. The van der Waals surface area contributed by atoms with Gasteiger partial charge in [0.25, 0.3) is 0 Å². The molecule has 0 bridgehead atoms. The van der Waals surface area contributed by atoms with Crippen molar-refractivity contribution < 1.29 is 80.2 Å². The first kappa shape index (κ1) is 78.1. The Morgan fingerprint density at radius 1 is 0.312 bits per heavy atom. The van der Waals surface area contributed by atoms with E-state index in [4.69, 9.17) is 37.0 Å². The summed E-state index contributed by atoms with van der Waals surface area (Å²) in [5.41, 5.74) is 0. The van der Waals surface area contributed by atoms with Crippen LogP contribution in [0.5, 0.6) is 0 Å². The van der Waals surface area contributed by atoms with Crippen LogP contribution < -0.4 is 0 Å². The van der Waals surface area contributed by atoms with Crippen LogP contribution >= 0.6 is 15.6 Å². The van der Waals surface area contributed by atoms with Gasteiger partial charge in [-0.25, -0.2) is 9.13 Å². The molecule has 0 saturated heterocycles. The number of rotatable bonds is 58.